The molecule has 0 unspecified atom stereocenters. The molecular formula is C21H26BrN3O3S. The van der Waals surface area contributed by atoms with Crippen molar-refractivity contribution in [1.29, 1.82) is 0 Å². The average molecular weight is 480 g/mol. The van der Waals surface area contributed by atoms with Gasteiger partial charge in [0.25, 0.3) is 0 Å². The van der Waals surface area contributed by atoms with Crippen molar-refractivity contribution in [2.45, 2.75) is 37.5 Å². The number of nitrogens with zero attached hydrogens (tertiary/aromatic N) is 1. The lowest BCUT2D eigenvalue weighted by Crippen LogP contribution is -2.31. The quantitative estimate of drug-likeness (QED) is 0.644. The molecule has 2 aromatic rings. The number of anilines is 2. The average Bonchev–Trinajstić information content (AvgIpc) is 2.99. The predicted octanol–water partition coefficient (Wildman–Crippen LogP) is 4.37. The van der Waals surface area contributed by atoms with Crippen LogP contribution in [0.4, 0.5) is 11.4 Å². The number of nitrogens with one attached hydrogen (secondary N) is 2. The fraction of sp³-hybridized carbons (Fsp3) is 0.381. The van der Waals surface area contributed by atoms with Gasteiger partial charge in [0.05, 0.1) is 17.1 Å². The number of hydrogen-bond donors (Lipinski definition) is 2. The van der Waals surface area contributed by atoms with E-state index < -0.39 is 10.0 Å². The van der Waals surface area contributed by atoms with Crippen LogP contribution in [0, 0.1) is 6.92 Å². The molecule has 1 aliphatic heterocycles. The molecule has 3 rings (SSSR count). The van der Waals surface area contributed by atoms with Crippen LogP contribution in [0.3, 0.4) is 0 Å². The molecule has 2 N–H and O–H groups in total. The number of rotatable bonds is 6. The number of benzene rings is 2. The van der Waals surface area contributed by atoms with E-state index in [1.165, 1.54) is 0 Å². The number of hydrogen-bond acceptors (Lipinski definition) is 4. The maximum Gasteiger partial charge on any atom is 0.243 e. The lowest BCUT2D eigenvalue weighted by molar-refractivity contribution is -0.114. The molecule has 0 spiro atoms. The van der Waals surface area contributed by atoms with Crippen molar-refractivity contribution in [3.05, 3.63) is 52.5 Å². The number of halogens is 1. The minimum Gasteiger partial charge on any atom is -0.376 e. The molecule has 29 heavy (non-hydrogen) atoms. The minimum atomic E-state index is -3.46. The summed E-state index contributed by atoms with van der Waals surface area (Å²) >= 11 is 3.44. The number of sulfonamides is 1. The van der Waals surface area contributed by atoms with Gasteiger partial charge in [-0.1, -0.05) is 18.9 Å². The lowest BCUT2D eigenvalue weighted by atomic mass is 10.2. The Morgan fingerprint density at radius 2 is 1.69 bits per heavy atom. The standard InChI is InChI=1S/C21H26BrN3O3S/c1-16-6-11-20(19(22)14-16)24-21(26)15-23-17-7-9-18(10-8-17)29(27,28)25-12-4-2-3-5-13-25/h6-11,14,23H,2-5,12-13,15H2,1H3,(H,24,26). The van der Waals surface area contributed by atoms with E-state index in [0.29, 0.717) is 24.5 Å². The van der Waals surface area contributed by atoms with Crippen molar-refractivity contribution in [2.24, 2.45) is 0 Å². The van der Waals surface area contributed by atoms with Crippen LogP contribution < -0.4 is 10.6 Å². The predicted molar refractivity (Wildman–Crippen MR) is 120 cm³/mol. The molecular weight excluding hydrogens is 454 g/mol. The second-order valence-electron chi connectivity index (χ2n) is 7.23. The van der Waals surface area contributed by atoms with Crippen LogP contribution in [0.15, 0.2) is 51.8 Å². The summed E-state index contributed by atoms with van der Waals surface area (Å²) in [4.78, 5) is 12.5. The maximum atomic E-state index is 12.8. The van der Waals surface area contributed by atoms with E-state index in [4.69, 9.17) is 0 Å². The van der Waals surface area contributed by atoms with Crippen LogP contribution in [0.5, 0.6) is 0 Å². The normalized spacial score (nSPS) is 15.5. The highest BCUT2D eigenvalue weighted by atomic mass is 79.9. The van der Waals surface area contributed by atoms with E-state index in [2.05, 4.69) is 26.6 Å². The molecule has 0 atom stereocenters. The Morgan fingerprint density at radius 3 is 2.31 bits per heavy atom. The van der Waals surface area contributed by atoms with Gasteiger partial charge in [0, 0.05) is 23.2 Å². The highest BCUT2D eigenvalue weighted by molar-refractivity contribution is 9.10. The molecule has 0 saturated carbocycles. The van der Waals surface area contributed by atoms with Crippen LogP contribution in [0.2, 0.25) is 0 Å². The summed E-state index contributed by atoms with van der Waals surface area (Å²) in [5.74, 6) is -0.184. The zero-order valence-corrected chi connectivity index (χ0v) is 18.9. The van der Waals surface area contributed by atoms with Gasteiger partial charge in [0.1, 0.15) is 0 Å². The number of amides is 1. The molecule has 1 fully saturated rings. The summed E-state index contributed by atoms with van der Waals surface area (Å²) in [6, 6.07) is 12.3. The first-order valence-corrected chi connectivity index (χ1v) is 12.0. The van der Waals surface area contributed by atoms with Crippen molar-refractivity contribution < 1.29 is 13.2 Å². The Labute approximate surface area is 180 Å². The molecule has 1 saturated heterocycles. The first kappa shape index (κ1) is 21.8. The Bertz CT molecular complexity index is 954. The van der Waals surface area contributed by atoms with Crippen molar-refractivity contribution in [3.8, 4) is 0 Å². The SMILES string of the molecule is Cc1ccc(NC(=O)CNc2ccc(S(=O)(=O)N3CCCCCC3)cc2)c(Br)c1. The van der Waals surface area contributed by atoms with Crippen LogP contribution in [-0.4, -0.2) is 38.3 Å². The molecule has 1 heterocycles. The monoisotopic (exact) mass is 479 g/mol. The third kappa shape index (κ3) is 5.81. The lowest BCUT2D eigenvalue weighted by Gasteiger charge is -2.20. The first-order valence-electron chi connectivity index (χ1n) is 9.76. The molecule has 0 bridgehead atoms. The van der Waals surface area contributed by atoms with E-state index >= 15 is 0 Å². The Morgan fingerprint density at radius 1 is 1.03 bits per heavy atom. The topological polar surface area (TPSA) is 78.5 Å². The second-order valence-corrected chi connectivity index (χ2v) is 10.0. The number of carbonyl (C=O) groups is 1. The highest BCUT2D eigenvalue weighted by Gasteiger charge is 2.24. The summed E-state index contributed by atoms with van der Waals surface area (Å²) in [6.45, 7) is 3.22. The van der Waals surface area contributed by atoms with Gasteiger partial charge < -0.3 is 10.6 Å². The number of carbonyl (C=O) groups excluding carboxylic acids is 1. The van der Waals surface area contributed by atoms with Gasteiger partial charge in [-0.15, -0.1) is 0 Å². The van der Waals surface area contributed by atoms with Crippen molar-refractivity contribution in [3.63, 3.8) is 0 Å². The third-order valence-electron chi connectivity index (χ3n) is 4.91. The Kier molecular flexibility index (Phi) is 7.32. The van der Waals surface area contributed by atoms with Gasteiger partial charge in [0.15, 0.2) is 0 Å². The van der Waals surface area contributed by atoms with Gasteiger partial charge in [-0.25, -0.2) is 8.42 Å². The van der Waals surface area contributed by atoms with E-state index in [9.17, 15) is 13.2 Å². The van der Waals surface area contributed by atoms with E-state index in [1.54, 1.807) is 28.6 Å². The molecule has 1 aliphatic rings. The van der Waals surface area contributed by atoms with Gasteiger partial charge in [0.2, 0.25) is 15.9 Å². The number of aryl methyl sites for hydroxylation is 1. The highest BCUT2D eigenvalue weighted by Crippen LogP contribution is 2.24. The van der Waals surface area contributed by atoms with E-state index in [0.717, 1.165) is 35.7 Å². The van der Waals surface area contributed by atoms with Crippen LogP contribution >= 0.6 is 15.9 Å². The molecule has 0 aromatic heterocycles. The third-order valence-corrected chi connectivity index (χ3v) is 7.48. The smallest absolute Gasteiger partial charge is 0.243 e. The molecule has 0 aliphatic carbocycles. The molecule has 0 radical (unpaired) electrons. The summed E-state index contributed by atoms with van der Waals surface area (Å²) in [7, 11) is -3.46. The van der Waals surface area contributed by atoms with Gasteiger partial charge >= 0.3 is 0 Å². The van der Waals surface area contributed by atoms with Gasteiger partial charge in [-0.2, -0.15) is 4.31 Å². The summed E-state index contributed by atoms with van der Waals surface area (Å²) < 4.78 is 28.0. The molecule has 6 nitrogen and oxygen atoms in total. The second kappa shape index (κ2) is 9.73. The van der Waals surface area contributed by atoms with E-state index in [-0.39, 0.29) is 17.3 Å². The summed E-state index contributed by atoms with van der Waals surface area (Å²) in [5.41, 5.74) is 2.50. The molecule has 156 valence electrons. The van der Waals surface area contributed by atoms with Crippen LogP contribution in [-0.2, 0) is 14.8 Å². The molecule has 8 heteroatoms. The zero-order valence-electron chi connectivity index (χ0n) is 16.4. The largest absolute Gasteiger partial charge is 0.376 e. The summed E-state index contributed by atoms with van der Waals surface area (Å²) in [6.07, 6.45) is 3.97. The minimum absolute atomic E-state index is 0.0819. The van der Waals surface area contributed by atoms with Crippen molar-refractivity contribution in [1.82, 2.24) is 4.31 Å². The summed E-state index contributed by atoms with van der Waals surface area (Å²) in [5, 5.41) is 5.87. The Balaban J connectivity index is 1.58. The van der Waals surface area contributed by atoms with Crippen LogP contribution in [0.25, 0.3) is 0 Å². The van der Waals surface area contributed by atoms with Crippen molar-refractivity contribution >= 4 is 43.2 Å². The van der Waals surface area contributed by atoms with Crippen LogP contribution in [0.1, 0.15) is 31.2 Å². The molecule has 1 amide bonds. The van der Waals surface area contributed by atoms with Crippen molar-refractivity contribution in [2.75, 3.05) is 30.3 Å². The zero-order chi connectivity index (χ0) is 20.9. The first-order chi connectivity index (χ1) is 13.9. The van der Waals surface area contributed by atoms with Gasteiger partial charge in [-0.3, -0.25) is 4.79 Å². The van der Waals surface area contributed by atoms with Gasteiger partial charge in [-0.05, 0) is 77.7 Å². The fourth-order valence-electron chi connectivity index (χ4n) is 3.27. The molecule has 2 aromatic carbocycles. The fourth-order valence-corrected chi connectivity index (χ4v) is 5.38. The maximum absolute atomic E-state index is 12.8. The Hall–Kier alpha value is -1.90. The van der Waals surface area contributed by atoms with E-state index in [1.807, 2.05) is 25.1 Å².